The summed E-state index contributed by atoms with van der Waals surface area (Å²) >= 11 is 5.85. The molecule has 0 atom stereocenters. The Balaban J connectivity index is 2.01. The number of amides is 2. The third-order valence-corrected chi connectivity index (χ3v) is 3.49. The van der Waals surface area contributed by atoms with Crippen molar-refractivity contribution in [1.82, 2.24) is 9.80 Å². The zero-order chi connectivity index (χ0) is 15.9. The lowest BCUT2D eigenvalue weighted by Crippen LogP contribution is -2.43. The highest BCUT2D eigenvalue weighted by Crippen LogP contribution is 2.15. The standard InChI is InChI=1S/C15H15ClN4O2/c16-13-2-1-3-14(8-13)18-15(22)12(9-17)10-19-4-6-20(11-21)7-5-19/h1-3,8,10-11H,4-7H2,(H,18,22)/b12-10-. The zero-order valence-corrected chi connectivity index (χ0v) is 12.6. The fourth-order valence-electron chi connectivity index (χ4n) is 2.06. The van der Waals surface area contributed by atoms with Gasteiger partial charge in [0.25, 0.3) is 5.91 Å². The molecule has 1 aromatic rings. The minimum atomic E-state index is -0.484. The smallest absolute Gasteiger partial charge is 0.267 e. The molecule has 0 bridgehead atoms. The van der Waals surface area contributed by atoms with E-state index in [1.807, 2.05) is 11.0 Å². The van der Waals surface area contributed by atoms with E-state index in [2.05, 4.69) is 5.32 Å². The van der Waals surface area contributed by atoms with E-state index in [1.54, 1.807) is 29.2 Å². The quantitative estimate of drug-likeness (QED) is 0.518. The van der Waals surface area contributed by atoms with Crippen molar-refractivity contribution in [2.75, 3.05) is 31.5 Å². The third kappa shape index (κ3) is 4.24. The van der Waals surface area contributed by atoms with Crippen LogP contribution in [0.1, 0.15) is 0 Å². The largest absolute Gasteiger partial charge is 0.373 e. The first-order valence-corrected chi connectivity index (χ1v) is 7.12. The van der Waals surface area contributed by atoms with Crippen molar-refractivity contribution in [2.24, 2.45) is 0 Å². The van der Waals surface area contributed by atoms with Crippen molar-refractivity contribution < 1.29 is 9.59 Å². The summed E-state index contributed by atoms with van der Waals surface area (Å²) in [5.74, 6) is -0.484. The molecule has 0 aliphatic carbocycles. The monoisotopic (exact) mass is 318 g/mol. The molecule has 1 aliphatic heterocycles. The predicted molar refractivity (Wildman–Crippen MR) is 83.0 cm³/mol. The van der Waals surface area contributed by atoms with E-state index in [0.29, 0.717) is 36.9 Å². The summed E-state index contributed by atoms with van der Waals surface area (Å²) in [7, 11) is 0. The van der Waals surface area contributed by atoms with Crippen LogP contribution in [0.25, 0.3) is 0 Å². The molecule has 7 heteroatoms. The lowest BCUT2D eigenvalue weighted by molar-refractivity contribution is -0.119. The Morgan fingerprint density at radius 2 is 1.95 bits per heavy atom. The summed E-state index contributed by atoms with van der Waals surface area (Å²) in [5, 5.41) is 12.3. The summed E-state index contributed by atoms with van der Waals surface area (Å²) in [6.45, 7) is 2.34. The van der Waals surface area contributed by atoms with Gasteiger partial charge >= 0.3 is 0 Å². The topological polar surface area (TPSA) is 76.4 Å². The van der Waals surface area contributed by atoms with Gasteiger partial charge in [-0.1, -0.05) is 17.7 Å². The average molecular weight is 319 g/mol. The Hall–Kier alpha value is -2.52. The van der Waals surface area contributed by atoms with E-state index < -0.39 is 5.91 Å². The molecule has 6 nitrogen and oxygen atoms in total. The van der Waals surface area contributed by atoms with Gasteiger partial charge in [-0.2, -0.15) is 5.26 Å². The number of hydrogen-bond acceptors (Lipinski definition) is 4. The Labute approximate surface area is 133 Å². The molecule has 1 aromatic carbocycles. The van der Waals surface area contributed by atoms with Gasteiger partial charge in [-0.3, -0.25) is 9.59 Å². The normalized spacial score (nSPS) is 15.2. The molecule has 1 N–H and O–H groups in total. The van der Waals surface area contributed by atoms with E-state index in [1.165, 1.54) is 6.20 Å². The van der Waals surface area contributed by atoms with Crippen LogP contribution in [0, 0.1) is 11.3 Å². The maximum atomic E-state index is 12.1. The minimum Gasteiger partial charge on any atom is -0.373 e. The lowest BCUT2D eigenvalue weighted by atomic mass is 10.2. The van der Waals surface area contributed by atoms with Gasteiger partial charge in [-0.05, 0) is 18.2 Å². The lowest BCUT2D eigenvalue weighted by Gasteiger charge is -2.31. The minimum absolute atomic E-state index is 0.0135. The third-order valence-electron chi connectivity index (χ3n) is 3.26. The van der Waals surface area contributed by atoms with Crippen LogP contribution in [-0.4, -0.2) is 48.3 Å². The number of hydrogen-bond donors (Lipinski definition) is 1. The van der Waals surface area contributed by atoms with E-state index in [0.717, 1.165) is 6.41 Å². The molecular weight excluding hydrogens is 304 g/mol. The second-order valence-corrected chi connectivity index (χ2v) is 5.23. The molecule has 0 spiro atoms. The zero-order valence-electron chi connectivity index (χ0n) is 11.8. The van der Waals surface area contributed by atoms with Crippen molar-refractivity contribution in [3.63, 3.8) is 0 Å². The van der Waals surface area contributed by atoms with Gasteiger partial charge in [0.2, 0.25) is 6.41 Å². The first-order valence-electron chi connectivity index (χ1n) is 6.74. The number of nitriles is 1. The summed E-state index contributed by atoms with van der Waals surface area (Å²) in [4.78, 5) is 26.3. The van der Waals surface area contributed by atoms with Gasteiger partial charge in [-0.15, -0.1) is 0 Å². The maximum absolute atomic E-state index is 12.1. The van der Waals surface area contributed by atoms with Crippen LogP contribution in [-0.2, 0) is 9.59 Å². The van der Waals surface area contributed by atoms with Crippen molar-refractivity contribution in [3.8, 4) is 6.07 Å². The van der Waals surface area contributed by atoms with Gasteiger partial charge in [0, 0.05) is 43.1 Å². The molecule has 22 heavy (non-hydrogen) atoms. The number of carbonyl (C=O) groups is 2. The van der Waals surface area contributed by atoms with Crippen molar-refractivity contribution in [3.05, 3.63) is 41.1 Å². The summed E-state index contributed by atoms with van der Waals surface area (Å²) < 4.78 is 0. The van der Waals surface area contributed by atoms with Crippen molar-refractivity contribution in [1.29, 1.82) is 5.26 Å². The Morgan fingerprint density at radius 1 is 1.27 bits per heavy atom. The molecule has 1 aliphatic rings. The van der Waals surface area contributed by atoms with Gasteiger partial charge in [0.1, 0.15) is 11.6 Å². The molecule has 1 heterocycles. The van der Waals surface area contributed by atoms with Crippen LogP contribution in [0.15, 0.2) is 36.0 Å². The van der Waals surface area contributed by atoms with E-state index in [9.17, 15) is 9.59 Å². The predicted octanol–water partition coefficient (Wildman–Crippen LogP) is 1.46. The number of benzene rings is 1. The number of rotatable bonds is 4. The molecule has 2 rings (SSSR count). The van der Waals surface area contributed by atoms with E-state index in [4.69, 9.17) is 16.9 Å². The first-order chi connectivity index (χ1) is 10.6. The fraction of sp³-hybridized carbons (Fsp3) is 0.267. The summed E-state index contributed by atoms with van der Waals surface area (Å²) in [6, 6.07) is 8.62. The molecule has 2 amide bonds. The second kappa shape index (κ2) is 7.48. The SMILES string of the molecule is N#C/C(=C/N1CCN(C=O)CC1)C(=O)Nc1cccc(Cl)c1. The van der Waals surface area contributed by atoms with Gasteiger partial charge in [0.15, 0.2) is 0 Å². The molecule has 0 radical (unpaired) electrons. The molecular formula is C15H15ClN4O2. The number of anilines is 1. The van der Waals surface area contributed by atoms with Crippen LogP contribution in [0.3, 0.4) is 0 Å². The molecule has 114 valence electrons. The number of carbonyl (C=O) groups excluding carboxylic acids is 2. The summed E-state index contributed by atoms with van der Waals surface area (Å²) in [6.07, 6.45) is 2.33. The fourth-order valence-corrected chi connectivity index (χ4v) is 2.25. The highest BCUT2D eigenvalue weighted by atomic mass is 35.5. The van der Waals surface area contributed by atoms with Gasteiger partial charge in [0.05, 0.1) is 0 Å². The average Bonchev–Trinajstić information content (AvgIpc) is 2.53. The molecule has 1 saturated heterocycles. The molecule has 0 unspecified atom stereocenters. The molecule has 1 fully saturated rings. The number of piperazine rings is 1. The Morgan fingerprint density at radius 3 is 2.55 bits per heavy atom. The van der Waals surface area contributed by atoms with Crippen molar-refractivity contribution in [2.45, 2.75) is 0 Å². The van der Waals surface area contributed by atoms with Crippen LogP contribution >= 0.6 is 11.6 Å². The highest BCUT2D eigenvalue weighted by molar-refractivity contribution is 6.31. The Bertz CT molecular complexity index is 631. The van der Waals surface area contributed by atoms with Crippen molar-refractivity contribution >= 4 is 29.6 Å². The molecule has 0 aromatic heterocycles. The first kappa shape index (κ1) is 15.9. The number of nitrogens with zero attached hydrogens (tertiary/aromatic N) is 3. The van der Waals surface area contributed by atoms with E-state index in [-0.39, 0.29) is 5.57 Å². The van der Waals surface area contributed by atoms with Crippen LogP contribution in [0.4, 0.5) is 5.69 Å². The van der Waals surface area contributed by atoms with Gasteiger partial charge < -0.3 is 15.1 Å². The summed E-state index contributed by atoms with van der Waals surface area (Å²) in [5.41, 5.74) is 0.545. The van der Waals surface area contributed by atoms with E-state index >= 15 is 0 Å². The number of nitrogens with one attached hydrogen (secondary N) is 1. The molecule has 0 saturated carbocycles. The maximum Gasteiger partial charge on any atom is 0.267 e. The van der Waals surface area contributed by atoms with Crippen LogP contribution in [0.5, 0.6) is 0 Å². The van der Waals surface area contributed by atoms with Crippen LogP contribution < -0.4 is 5.32 Å². The Kier molecular flexibility index (Phi) is 5.39. The van der Waals surface area contributed by atoms with Crippen LogP contribution in [0.2, 0.25) is 5.02 Å². The second-order valence-electron chi connectivity index (χ2n) is 4.80. The van der Waals surface area contributed by atoms with Gasteiger partial charge in [-0.25, -0.2) is 0 Å². The highest BCUT2D eigenvalue weighted by Gasteiger charge is 2.16. The number of halogens is 1.